The molecule has 0 spiro atoms. The number of thioether (sulfide) groups is 1. The van der Waals surface area contributed by atoms with E-state index in [1.807, 2.05) is 13.2 Å². The van der Waals surface area contributed by atoms with Gasteiger partial charge in [0.05, 0.1) is 15.9 Å². The lowest BCUT2D eigenvalue weighted by atomic mass is 10.0. The van der Waals surface area contributed by atoms with Gasteiger partial charge in [-0.25, -0.2) is 4.79 Å². The van der Waals surface area contributed by atoms with Crippen LogP contribution in [0.1, 0.15) is 39.2 Å². The van der Waals surface area contributed by atoms with E-state index < -0.39 is 17.5 Å². The van der Waals surface area contributed by atoms with Crippen LogP contribution in [0.25, 0.3) is 10.9 Å². The van der Waals surface area contributed by atoms with Crippen molar-refractivity contribution in [1.82, 2.24) is 9.88 Å². The molecule has 2 rings (SSSR count). The zero-order valence-corrected chi connectivity index (χ0v) is 19.7. The van der Waals surface area contributed by atoms with E-state index in [9.17, 15) is 24.9 Å². The molecule has 4 N–H and O–H groups in total. The summed E-state index contributed by atoms with van der Waals surface area (Å²) in [5, 5.41) is 29.1. The third-order valence-electron chi connectivity index (χ3n) is 5.40. The molecule has 170 valence electrons. The van der Waals surface area contributed by atoms with E-state index in [-0.39, 0.29) is 21.1 Å². The first-order valence-electron chi connectivity index (χ1n) is 10.0. The molecule has 0 aliphatic carbocycles. The average Bonchev–Trinajstić information content (AvgIpc) is 2.74. The number of benzene rings is 1. The van der Waals surface area contributed by atoms with Gasteiger partial charge in [-0.1, -0.05) is 24.9 Å². The fourth-order valence-electron chi connectivity index (χ4n) is 3.38. The summed E-state index contributed by atoms with van der Waals surface area (Å²) < 4.78 is 0. The molecule has 2 aromatic rings. The normalized spacial score (nSPS) is 13.5. The van der Waals surface area contributed by atoms with Crippen LogP contribution < -0.4 is 5.43 Å². The average molecular weight is 469 g/mol. The van der Waals surface area contributed by atoms with Crippen molar-refractivity contribution < 1.29 is 20.1 Å². The van der Waals surface area contributed by atoms with Crippen molar-refractivity contribution in [3.05, 3.63) is 44.2 Å². The highest BCUT2D eigenvalue weighted by atomic mass is 35.5. The number of phenols is 2. The molecule has 1 aromatic heterocycles. The molecule has 1 atom stereocenters. The van der Waals surface area contributed by atoms with Gasteiger partial charge in [0.1, 0.15) is 0 Å². The van der Waals surface area contributed by atoms with Gasteiger partial charge in [0.2, 0.25) is 0 Å². The molecule has 31 heavy (non-hydrogen) atoms. The van der Waals surface area contributed by atoms with Crippen molar-refractivity contribution in [2.45, 2.75) is 45.4 Å². The first-order chi connectivity index (χ1) is 14.6. The van der Waals surface area contributed by atoms with Crippen LogP contribution in [0.15, 0.2) is 28.2 Å². The highest BCUT2D eigenvalue weighted by molar-refractivity contribution is 7.99. The molecule has 0 saturated carbocycles. The zero-order chi connectivity index (χ0) is 23.3. The predicted octanol–water partition coefficient (Wildman–Crippen LogP) is 4.35. The fourth-order valence-corrected chi connectivity index (χ4v) is 4.20. The molecule has 1 aromatic carbocycles. The van der Waals surface area contributed by atoms with E-state index in [1.54, 1.807) is 24.9 Å². The summed E-state index contributed by atoms with van der Waals surface area (Å²) in [7, 11) is 0. The third-order valence-corrected chi connectivity index (χ3v) is 6.76. The number of unbranched alkanes of at least 4 members (excludes halogenated alkanes) is 1. The van der Waals surface area contributed by atoms with Gasteiger partial charge >= 0.3 is 5.97 Å². The first-order valence-corrected chi connectivity index (χ1v) is 11.7. The van der Waals surface area contributed by atoms with Gasteiger partial charge in [-0.3, -0.25) is 9.69 Å². The van der Waals surface area contributed by atoms with Crippen LogP contribution >= 0.6 is 23.4 Å². The van der Waals surface area contributed by atoms with E-state index in [0.717, 1.165) is 18.4 Å². The van der Waals surface area contributed by atoms with Gasteiger partial charge < -0.3 is 20.3 Å². The lowest BCUT2D eigenvalue weighted by molar-refractivity contribution is -0.132. The van der Waals surface area contributed by atoms with Gasteiger partial charge in [0, 0.05) is 41.7 Å². The Morgan fingerprint density at radius 3 is 2.61 bits per heavy atom. The molecule has 0 radical (unpaired) electrons. The van der Waals surface area contributed by atoms with E-state index in [0.29, 0.717) is 36.3 Å². The Morgan fingerprint density at radius 2 is 2.03 bits per heavy atom. The number of aromatic hydroxyl groups is 2. The van der Waals surface area contributed by atoms with Gasteiger partial charge in [-0.2, -0.15) is 11.8 Å². The highest BCUT2D eigenvalue weighted by Crippen LogP contribution is 2.37. The number of hydrogen-bond donors (Lipinski definition) is 4. The first kappa shape index (κ1) is 25.1. The number of nitrogens with one attached hydrogen (secondary N) is 1. The lowest BCUT2D eigenvalue weighted by Gasteiger charge is -2.26. The summed E-state index contributed by atoms with van der Waals surface area (Å²) in [5.41, 5.74) is 1.56. The van der Waals surface area contributed by atoms with E-state index in [1.165, 1.54) is 6.07 Å². The number of halogens is 1. The molecule has 0 aliphatic rings. The number of H-pyrrole nitrogens is 1. The number of phenolic OH excluding ortho intramolecular Hbond substituents is 2. The molecule has 0 bridgehead atoms. The lowest BCUT2D eigenvalue weighted by Crippen LogP contribution is -2.32. The van der Waals surface area contributed by atoms with Crippen molar-refractivity contribution in [2.75, 3.05) is 19.3 Å². The Morgan fingerprint density at radius 1 is 1.35 bits per heavy atom. The second-order valence-corrected chi connectivity index (χ2v) is 9.08. The van der Waals surface area contributed by atoms with Gasteiger partial charge in [-0.05, 0) is 38.6 Å². The maximum atomic E-state index is 13.1. The molecular formula is C22H29ClN2O5S. The Labute approximate surface area is 190 Å². The number of rotatable bonds is 10. The monoisotopic (exact) mass is 468 g/mol. The number of hydrogen-bond acceptors (Lipinski definition) is 6. The molecular weight excluding hydrogens is 440 g/mol. The van der Waals surface area contributed by atoms with Crippen LogP contribution in [0.4, 0.5) is 0 Å². The summed E-state index contributed by atoms with van der Waals surface area (Å²) >= 11 is 7.71. The second kappa shape index (κ2) is 10.9. The summed E-state index contributed by atoms with van der Waals surface area (Å²) in [6.07, 6.45) is 5.36. The number of aliphatic carboxylic acids is 1. The van der Waals surface area contributed by atoms with Gasteiger partial charge in [0.25, 0.3) is 0 Å². The second-order valence-electron chi connectivity index (χ2n) is 7.52. The summed E-state index contributed by atoms with van der Waals surface area (Å²) in [5.74, 6) is -1.89. The van der Waals surface area contributed by atoms with Crippen molar-refractivity contribution in [3.63, 3.8) is 0 Å². The minimum atomic E-state index is -0.947. The Kier molecular flexibility index (Phi) is 8.85. The van der Waals surface area contributed by atoms with Crippen LogP contribution in [0, 0.1) is 0 Å². The Hall–Kier alpha value is -2.16. The summed E-state index contributed by atoms with van der Waals surface area (Å²) in [6.45, 7) is 7.06. The Bertz CT molecular complexity index is 1050. The smallest absolute Gasteiger partial charge is 0.331 e. The van der Waals surface area contributed by atoms with E-state index in [2.05, 4.69) is 16.8 Å². The number of fused-ring (bicyclic) bond motifs is 1. The predicted molar refractivity (Wildman–Crippen MR) is 126 cm³/mol. The maximum Gasteiger partial charge on any atom is 0.331 e. The topological polar surface area (TPSA) is 114 Å². The summed E-state index contributed by atoms with van der Waals surface area (Å²) in [6, 6.07) is 1.26. The van der Waals surface area contributed by atoms with Crippen molar-refractivity contribution >= 4 is 40.2 Å². The van der Waals surface area contributed by atoms with Crippen LogP contribution in [0.3, 0.4) is 0 Å². The quantitative estimate of drug-likeness (QED) is 0.303. The zero-order valence-electron chi connectivity index (χ0n) is 18.2. The largest absolute Gasteiger partial charge is 0.504 e. The minimum absolute atomic E-state index is 0.0180. The number of pyridine rings is 1. The molecule has 0 fully saturated rings. The maximum absolute atomic E-state index is 13.1. The van der Waals surface area contributed by atoms with Crippen LogP contribution in [-0.4, -0.2) is 55.8 Å². The van der Waals surface area contributed by atoms with Crippen LogP contribution in [0.5, 0.6) is 11.5 Å². The number of aromatic amines is 1. The SMILES string of the molecule is CCCCN(CC(=C(C)C(=O)O)C(C)SC)Cc1c[nH]c2cc(O)c(O)c(Cl)c2c1=O. The van der Waals surface area contributed by atoms with Crippen molar-refractivity contribution in [2.24, 2.45) is 0 Å². The molecule has 7 nitrogen and oxygen atoms in total. The van der Waals surface area contributed by atoms with Crippen molar-refractivity contribution in [3.8, 4) is 11.5 Å². The number of carbonyl (C=O) groups is 1. The molecule has 0 aliphatic heterocycles. The molecule has 0 amide bonds. The van der Waals surface area contributed by atoms with Gasteiger partial charge in [-0.15, -0.1) is 0 Å². The highest BCUT2D eigenvalue weighted by Gasteiger charge is 2.21. The van der Waals surface area contributed by atoms with Crippen LogP contribution in [-0.2, 0) is 11.3 Å². The molecule has 0 saturated heterocycles. The molecule has 1 unspecified atom stereocenters. The van der Waals surface area contributed by atoms with Crippen molar-refractivity contribution in [1.29, 1.82) is 0 Å². The van der Waals surface area contributed by atoms with E-state index in [4.69, 9.17) is 11.6 Å². The number of carboxylic acids is 1. The minimum Gasteiger partial charge on any atom is -0.504 e. The number of aromatic nitrogens is 1. The third kappa shape index (κ3) is 5.75. The summed E-state index contributed by atoms with van der Waals surface area (Å²) in [4.78, 5) is 29.7. The standard InChI is InChI=1S/C22H29ClN2O5S/c1-5-6-7-25(11-15(13(3)31-4)12(2)22(29)30)10-14-9-24-16-8-17(26)21(28)19(23)18(16)20(14)27/h8-9,13,26,28H,5-7,10-11H2,1-4H3,(H,24,27)(H,29,30). The van der Waals surface area contributed by atoms with Gasteiger partial charge in [0.15, 0.2) is 16.9 Å². The number of carboxylic acid groups (broad SMARTS) is 1. The number of nitrogens with zero attached hydrogens (tertiary/aromatic N) is 1. The van der Waals surface area contributed by atoms with E-state index >= 15 is 0 Å². The molecule has 1 heterocycles. The Balaban J connectivity index is 2.48. The molecule has 9 heteroatoms. The fraction of sp³-hybridized carbons (Fsp3) is 0.455. The van der Waals surface area contributed by atoms with Crippen LogP contribution in [0.2, 0.25) is 5.02 Å².